The van der Waals surface area contributed by atoms with Gasteiger partial charge in [0.25, 0.3) is 0 Å². The Kier molecular flexibility index (Phi) is 9.15. The minimum Gasteiger partial charge on any atom is -0.496 e. The Bertz CT molecular complexity index is 1650. The van der Waals surface area contributed by atoms with E-state index in [1.165, 1.54) is 16.0 Å². The summed E-state index contributed by atoms with van der Waals surface area (Å²) in [7, 11) is 1.73. The molecule has 1 aliphatic heterocycles. The van der Waals surface area contributed by atoms with E-state index in [0.29, 0.717) is 51.0 Å². The zero-order chi connectivity index (χ0) is 34.3. The number of benzene rings is 1. The molecule has 5 fully saturated rings. The number of hydrogen-bond acceptors (Lipinski definition) is 8. The van der Waals surface area contributed by atoms with E-state index in [4.69, 9.17) is 9.47 Å². The molecule has 0 radical (unpaired) electrons. The van der Waals surface area contributed by atoms with Gasteiger partial charge in [0, 0.05) is 30.3 Å². The van der Waals surface area contributed by atoms with E-state index in [1.54, 1.807) is 13.3 Å². The number of rotatable bonds is 9. The number of aliphatic hydroxyl groups excluding tert-OH is 1. The van der Waals surface area contributed by atoms with Crippen LogP contribution >= 0.6 is 0 Å². The number of methoxy groups -OCH3 is 1. The van der Waals surface area contributed by atoms with Crippen LogP contribution in [-0.2, 0) is 14.9 Å². The molecule has 1 N–H and O–H groups in total. The highest BCUT2D eigenvalue weighted by atomic mass is 16.6. The number of aliphatic hydroxyl groups is 1. The van der Waals surface area contributed by atoms with Crippen molar-refractivity contribution < 1.29 is 24.2 Å². The van der Waals surface area contributed by atoms with Crippen LogP contribution in [0.1, 0.15) is 95.2 Å². The van der Waals surface area contributed by atoms with Gasteiger partial charge < -0.3 is 24.4 Å². The van der Waals surface area contributed by atoms with E-state index < -0.39 is 6.10 Å². The molecule has 0 atom stereocenters. The molecule has 1 saturated heterocycles. The summed E-state index contributed by atoms with van der Waals surface area (Å²) in [4.78, 5) is 30.6. The van der Waals surface area contributed by atoms with E-state index in [-0.39, 0.29) is 40.9 Å². The molecular formula is C38H50N6O5. The molecule has 5 aliphatic rings. The van der Waals surface area contributed by atoms with Gasteiger partial charge in [-0.15, -0.1) is 0 Å². The molecule has 11 nitrogen and oxygen atoms in total. The summed E-state index contributed by atoms with van der Waals surface area (Å²) < 4.78 is 13.2. The number of anilines is 1. The fourth-order valence-electron chi connectivity index (χ4n) is 8.64. The lowest BCUT2D eigenvalue weighted by Crippen LogP contribution is -2.54. The van der Waals surface area contributed by atoms with Gasteiger partial charge in [0.1, 0.15) is 11.9 Å². The largest absolute Gasteiger partial charge is 0.496 e. The molecule has 2 bridgehead atoms. The minimum absolute atomic E-state index is 0.0411. The lowest BCUT2D eigenvalue weighted by molar-refractivity contribution is -0.124. The Balaban J connectivity index is 1.10. The van der Waals surface area contributed by atoms with Crippen LogP contribution in [0, 0.1) is 18.3 Å². The maximum absolute atomic E-state index is 14.6. The monoisotopic (exact) mass is 670 g/mol. The average Bonchev–Trinajstić information content (AvgIpc) is 3.61. The van der Waals surface area contributed by atoms with Crippen molar-refractivity contribution in [3.8, 4) is 17.0 Å². The Morgan fingerprint density at radius 1 is 1.02 bits per heavy atom. The van der Waals surface area contributed by atoms with Crippen LogP contribution in [0.5, 0.6) is 5.75 Å². The van der Waals surface area contributed by atoms with Gasteiger partial charge in [0.05, 0.1) is 50.1 Å². The first-order valence-electron chi connectivity index (χ1n) is 18.0. The first-order chi connectivity index (χ1) is 23.6. The predicted octanol–water partition coefficient (Wildman–Crippen LogP) is 6.24. The van der Waals surface area contributed by atoms with Crippen molar-refractivity contribution in [1.82, 2.24) is 24.9 Å². The summed E-state index contributed by atoms with van der Waals surface area (Å²) in [5.74, 6) is 0.890. The zero-order valence-corrected chi connectivity index (χ0v) is 29.3. The van der Waals surface area contributed by atoms with Crippen LogP contribution < -0.4 is 9.64 Å². The number of aromatic nitrogens is 4. The molecule has 8 rings (SSSR count). The van der Waals surface area contributed by atoms with Crippen molar-refractivity contribution in [3.05, 3.63) is 54.0 Å². The second-order valence-corrected chi connectivity index (χ2v) is 15.4. The number of carbonyl (C=O) groups is 2. The van der Waals surface area contributed by atoms with Crippen molar-refractivity contribution in [2.75, 3.05) is 31.6 Å². The van der Waals surface area contributed by atoms with Crippen LogP contribution in [0.4, 0.5) is 10.5 Å². The molecule has 3 heterocycles. The molecule has 4 saturated carbocycles. The molecule has 0 spiro atoms. The number of β-amino-alcohol motifs (C(OH)–C–C–N with tert-alkyl or cyclic N) is 1. The van der Waals surface area contributed by atoms with E-state index in [0.717, 1.165) is 55.5 Å². The zero-order valence-electron chi connectivity index (χ0n) is 29.3. The third kappa shape index (κ3) is 6.66. The van der Waals surface area contributed by atoms with E-state index >= 15 is 0 Å². The smallest absolute Gasteiger partial charge is 0.410 e. The fraction of sp³-hybridized carbons (Fsp3) is 0.605. The average molecular weight is 671 g/mol. The standard InChI is InChI=1S/C38H50N6O5/c1-25(2)44-21-28(19-40-44)33-18-30(20-39-41-33)43(35(46)27-5-8-32(9-6-27)49-36(47)42-22-31(45)23-42)24-37-11-14-38(15-12-37,16-13-37)29-7-10-34(48-4)26(3)17-29/h7,10,17-21,25,27,31-32,45H,5-6,8-9,11-16,22-24H2,1-4H3. The van der Waals surface area contributed by atoms with Crippen LogP contribution in [0.3, 0.4) is 0 Å². The number of nitrogens with zero attached hydrogens (tertiary/aromatic N) is 6. The number of amides is 2. The third-order valence-electron chi connectivity index (χ3n) is 12.0. The van der Waals surface area contributed by atoms with Gasteiger partial charge in [-0.3, -0.25) is 9.48 Å². The van der Waals surface area contributed by atoms with Crippen molar-refractivity contribution in [2.45, 2.75) is 109 Å². The summed E-state index contributed by atoms with van der Waals surface area (Å²) in [5, 5.41) is 22.9. The molecule has 4 aliphatic carbocycles. The van der Waals surface area contributed by atoms with Gasteiger partial charge in [-0.2, -0.15) is 15.3 Å². The highest BCUT2D eigenvalue weighted by Crippen LogP contribution is 2.58. The van der Waals surface area contributed by atoms with Gasteiger partial charge in [-0.05, 0) is 119 Å². The van der Waals surface area contributed by atoms with E-state index in [2.05, 4.69) is 54.3 Å². The molecule has 2 aromatic heterocycles. The van der Waals surface area contributed by atoms with Gasteiger partial charge in [0.15, 0.2) is 0 Å². The Morgan fingerprint density at radius 3 is 2.35 bits per heavy atom. The normalized spacial score (nSPS) is 26.8. The molecule has 262 valence electrons. The summed E-state index contributed by atoms with van der Waals surface area (Å²) in [6, 6.07) is 8.90. The van der Waals surface area contributed by atoms with Crippen LogP contribution in [0.25, 0.3) is 11.3 Å². The van der Waals surface area contributed by atoms with Crippen LogP contribution in [-0.4, -0.2) is 80.9 Å². The SMILES string of the molecule is COc1ccc(C23CCC(CN(C(=O)C4CCC(OC(=O)N5CC(O)C5)CC4)c4cnnc(-c5cnn(C(C)C)c5)c4)(CC2)CC3)cc1C. The van der Waals surface area contributed by atoms with E-state index in [1.807, 2.05) is 28.0 Å². The highest BCUT2D eigenvalue weighted by Gasteiger charge is 2.51. The second kappa shape index (κ2) is 13.4. The maximum atomic E-state index is 14.6. The number of aryl methyl sites for hydroxylation is 1. The quantitative estimate of drug-likeness (QED) is 0.284. The molecule has 1 aromatic carbocycles. The predicted molar refractivity (Wildman–Crippen MR) is 185 cm³/mol. The van der Waals surface area contributed by atoms with E-state index in [9.17, 15) is 14.7 Å². The topological polar surface area (TPSA) is 123 Å². The molecule has 3 aromatic rings. The molecular weight excluding hydrogens is 620 g/mol. The van der Waals surface area contributed by atoms with Gasteiger partial charge in [-0.25, -0.2) is 4.79 Å². The highest BCUT2D eigenvalue weighted by molar-refractivity contribution is 5.95. The fourth-order valence-corrected chi connectivity index (χ4v) is 8.64. The molecule has 0 unspecified atom stereocenters. The lowest BCUT2D eigenvalue weighted by atomic mass is 9.51. The lowest BCUT2D eigenvalue weighted by Gasteiger charge is -2.55. The third-order valence-corrected chi connectivity index (χ3v) is 12.0. The first-order valence-corrected chi connectivity index (χ1v) is 18.0. The van der Waals surface area contributed by atoms with Crippen molar-refractivity contribution in [3.63, 3.8) is 0 Å². The second-order valence-electron chi connectivity index (χ2n) is 15.4. The number of carbonyl (C=O) groups excluding carboxylic acids is 2. The van der Waals surface area contributed by atoms with Crippen LogP contribution in [0.2, 0.25) is 0 Å². The summed E-state index contributed by atoms with van der Waals surface area (Å²) in [5.41, 5.74) is 5.17. The Labute approximate surface area is 289 Å². The Morgan fingerprint density at radius 2 is 1.73 bits per heavy atom. The van der Waals surface area contributed by atoms with Gasteiger partial charge in [0.2, 0.25) is 5.91 Å². The first kappa shape index (κ1) is 33.5. The van der Waals surface area contributed by atoms with Crippen molar-refractivity contribution in [1.29, 1.82) is 0 Å². The molecule has 2 amide bonds. The van der Waals surface area contributed by atoms with Crippen molar-refractivity contribution >= 4 is 17.7 Å². The molecule has 11 heteroatoms. The number of fused-ring (bicyclic) bond motifs is 3. The minimum atomic E-state index is -0.461. The summed E-state index contributed by atoms with van der Waals surface area (Å²) in [6.45, 7) is 7.60. The Hall–Kier alpha value is -3.99. The van der Waals surface area contributed by atoms with Crippen LogP contribution in [0.15, 0.2) is 42.9 Å². The summed E-state index contributed by atoms with van der Waals surface area (Å²) in [6.07, 6.45) is 13.7. The van der Waals surface area contributed by atoms with Crippen molar-refractivity contribution in [2.24, 2.45) is 11.3 Å². The van der Waals surface area contributed by atoms with Gasteiger partial charge >= 0.3 is 6.09 Å². The number of hydrogen-bond donors (Lipinski definition) is 1. The molecule has 49 heavy (non-hydrogen) atoms. The number of ether oxygens (including phenoxy) is 2. The van der Waals surface area contributed by atoms with Gasteiger partial charge in [-0.1, -0.05) is 12.1 Å². The number of likely N-dealkylation sites (tertiary alicyclic amines) is 1. The maximum Gasteiger partial charge on any atom is 0.410 e. The summed E-state index contributed by atoms with van der Waals surface area (Å²) >= 11 is 0.